The number of carbonyl (C=O) groups is 1. The van der Waals surface area contributed by atoms with Gasteiger partial charge in [0.2, 0.25) is 0 Å². The molecule has 5 heteroatoms. The lowest BCUT2D eigenvalue weighted by molar-refractivity contribution is 0.0957. The van der Waals surface area contributed by atoms with E-state index >= 15 is 0 Å². The van der Waals surface area contributed by atoms with Crippen LogP contribution in [0.4, 0.5) is 5.82 Å². The minimum absolute atomic E-state index is 0.167. The average Bonchev–Trinajstić information content (AvgIpc) is 3.05. The number of hydrogen-bond donors (Lipinski definition) is 3. The molecule has 1 amide bonds. The van der Waals surface area contributed by atoms with Gasteiger partial charge in [-0.25, -0.2) is 4.98 Å². The lowest BCUT2D eigenvalue weighted by Crippen LogP contribution is -2.27. The predicted molar refractivity (Wildman–Crippen MR) is 83.2 cm³/mol. The summed E-state index contributed by atoms with van der Waals surface area (Å²) in [5.41, 5.74) is 0.513. The summed E-state index contributed by atoms with van der Waals surface area (Å²) in [6, 6.07) is 3.47. The summed E-state index contributed by atoms with van der Waals surface area (Å²) in [5.74, 6) is 0.911. The van der Waals surface area contributed by atoms with E-state index in [1.807, 2.05) is 0 Å². The van der Waals surface area contributed by atoms with Crippen molar-refractivity contribution in [1.29, 1.82) is 0 Å². The molecule has 2 rings (SSSR count). The molecule has 1 fully saturated rings. The van der Waals surface area contributed by atoms with Gasteiger partial charge in [0.1, 0.15) is 5.82 Å². The van der Waals surface area contributed by atoms with Crippen LogP contribution in [-0.4, -0.2) is 35.2 Å². The fourth-order valence-electron chi connectivity index (χ4n) is 2.62. The van der Waals surface area contributed by atoms with Crippen LogP contribution in [0, 0.1) is 5.92 Å². The van der Waals surface area contributed by atoms with Gasteiger partial charge in [-0.05, 0) is 30.9 Å². The average molecular weight is 289 g/mol. The van der Waals surface area contributed by atoms with E-state index in [9.17, 15) is 9.90 Å². The van der Waals surface area contributed by atoms with E-state index in [0.29, 0.717) is 30.4 Å². The van der Waals surface area contributed by atoms with Gasteiger partial charge in [0.25, 0.3) is 5.91 Å². The molecule has 1 aromatic heterocycles. The molecule has 1 heterocycles. The molecule has 0 aliphatic heterocycles. The molecule has 0 aromatic carbocycles. The highest BCUT2D eigenvalue weighted by molar-refractivity contribution is 5.94. The number of carbonyl (C=O) groups excluding carboxylic acids is 1. The van der Waals surface area contributed by atoms with Gasteiger partial charge < -0.3 is 15.7 Å². The van der Waals surface area contributed by atoms with Crippen molar-refractivity contribution in [1.82, 2.24) is 10.3 Å². The number of nitrogens with zero attached hydrogens (tertiary/aromatic N) is 1. The van der Waals surface area contributed by atoms with Gasteiger partial charge in [-0.2, -0.15) is 0 Å². The summed E-state index contributed by atoms with van der Waals surface area (Å²) in [6.45, 7) is 4.49. The Morgan fingerprint density at radius 3 is 2.86 bits per heavy atom. The molecule has 5 nitrogen and oxygen atoms in total. The second kappa shape index (κ2) is 7.78. The molecule has 0 radical (unpaired) electrons. The molecular weight excluding hydrogens is 266 g/mol. The van der Waals surface area contributed by atoms with E-state index in [0.717, 1.165) is 12.8 Å². The normalized spacial score (nSPS) is 16.4. The monoisotopic (exact) mass is 289 g/mol. The summed E-state index contributed by atoms with van der Waals surface area (Å²) in [4.78, 5) is 15.9. The zero-order valence-corrected chi connectivity index (χ0v) is 12.2. The Hall–Kier alpha value is -1.88. The number of amides is 1. The highest BCUT2D eigenvalue weighted by Crippen LogP contribution is 2.27. The maximum atomic E-state index is 11.7. The molecule has 1 unspecified atom stereocenters. The Morgan fingerprint density at radius 2 is 2.24 bits per heavy atom. The molecule has 114 valence electrons. The first-order valence-corrected chi connectivity index (χ1v) is 7.48. The van der Waals surface area contributed by atoms with Crippen LogP contribution in [0.1, 0.15) is 36.0 Å². The van der Waals surface area contributed by atoms with Gasteiger partial charge in [0, 0.05) is 19.3 Å². The Bertz CT molecular complexity index is 467. The first-order chi connectivity index (χ1) is 10.2. The number of aliphatic hydroxyl groups is 1. The third-order valence-electron chi connectivity index (χ3n) is 3.87. The van der Waals surface area contributed by atoms with Gasteiger partial charge in [-0.15, -0.1) is 6.58 Å². The first-order valence-electron chi connectivity index (χ1n) is 7.48. The van der Waals surface area contributed by atoms with E-state index in [1.165, 1.54) is 19.0 Å². The van der Waals surface area contributed by atoms with Gasteiger partial charge in [0.15, 0.2) is 0 Å². The highest BCUT2D eigenvalue weighted by atomic mass is 16.3. The van der Waals surface area contributed by atoms with Crippen LogP contribution < -0.4 is 10.6 Å². The topological polar surface area (TPSA) is 74.2 Å². The van der Waals surface area contributed by atoms with Gasteiger partial charge in [0.05, 0.1) is 11.7 Å². The first kappa shape index (κ1) is 15.5. The second-order valence-electron chi connectivity index (χ2n) is 5.42. The number of hydrogen-bond acceptors (Lipinski definition) is 4. The number of pyridine rings is 1. The van der Waals surface area contributed by atoms with Crippen molar-refractivity contribution in [2.45, 2.75) is 31.8 Å². The minimum Gasteiger partial charge on any atom is -0.391 e. The lowest BCUT2D eigenvalue weighted by atomic mass is 10.0. The van der Waals surface area contributed by atoms with Gasteiger partial charge >= 0.3 is 0 Å². The van der Waals surface area contributed by atoms with Crippen LogP contribution in [0.15, 0.2) is 31.0 Å². The third kappa shape index (κ3) is 4.56. The molecule has 1 aromatic rings. The van der Waals surface area contributed by atoms with Gasteiger partial charge in [-0.3, -0.25) is 4.79 Å². The Morgan fingerprint density at radius 1 is 1.48 bits per heavy atom. The number of nitrogens with one attached hydrogen (secondary N) is 2. The van der Waals surface area contributed by atoms with E-state index in [1.54, 1.807) is 18.2 Å². The second-order valence-corrected chi connectivity index (χ2v) is 5.42. The SMILES string of the molecule is C=CCNC(=O)c1ccc(NCC(O)C2CCCC2)nc1. The van der Waals surface area contributed by atoms with Crippen molar-refractivity contribution in [3.8, 4) is 0 Å². The molecule has 1 atom stereocenters. The highest BCUT2D eigenvalue weighted by Gasteiger charge is 2.22. The van der Waals surface area contributed by atoms with Crippen LogP contribution in [0.3, 0.4) is 0 Å². The van der Waals surface area contributed by atoms with E-state index < -0.39 is 0 Å². The van der Waals surface area contributed by atoms with Crippen molar-refractivity contribution in [3.05, 3.63) is 36.5 Å². The van der Waals surface area contributed by atoms with Crippen molar-refractivity contribution in [3.63, 3.8) is 0 Å². The van der Waals surface area contributed by atoms with Crippen LogP contribution >= 0.6 is 0 Å². The maximum Gasteiger partial charge on any atom is 0.253 e. The quantitative estimate of drug-likeness (QED) is 0.671. The molecule has 1 aliphatic rings. The summed E-state index contributed by atoms with van der Waals surface area (Å²) < 4.78 is 0. The molecule has 0 bridgehead atoms. The fraction of sp³-hybridized carbons (Fsp3) is 0.500. The van der Waals surface area contributed by atoms with E-state index in [4.69, 9.17) is 0 Å². The molecular formula is C16H23N3O2. The van der Waals surface area contributed by atoms with Crippen LogP contribution in [-0.2, 0) is 0 Å². The van der Waals surface area contributed by atoms with Crippen LogP contribution in [0.25, 0.3) is 0 Å². The number of aliphatic hydroxyl groups excluding tert-OH is 1. The zero-order chi connectivity index (χ0) is 15.1. The molecule has 21 heavy (non-hydrogen) atoms. The predicted octanol–water partition coefficient (Wildman–Crippen LogP) is 1.96. The molecule has 3 N–H and O–H groups in total. The Balaban J connectivity index is 1.81. The van der Waals surface area contributed by atoms with Gasteiger partial charge in [-0.1, -0.05) is 18.9 Å². The summed E-state index contributed by atoms with van der Waals surface area (Å²) in [5, 5.41) is 15.9. The molecule has 1 aliphatic carbocycles. The zero-order valence-electron chi connectivity index (χ0n) is 12.2. The van der Waals surface area contributed by atoms with Crippen molar-refractivity contribution >= 4 is 11.7 Å². The maximum absolute atomic E-state index is 11.7. The third-order valence-corrected chi connectivity index (χ3v) is 3.87. The summed E-state index contributed by atoms with van der Waals surface area (Å²) in [7, 11) is 0. The molecule has 1 saturated carbocycles. The van der Waals surface area contributed by atoms with Crippen molar-refractivity contribution in [2.24, 2.45) is 5.92 Å². The molecule has 0 saturated heterocycles. The van der Waals surface area contributed by atoms with E-state index in [2.05, 4.69) is 22.2 Å². The van der Waals surface area contributed by atoms with Crippen LogP contribution in [0.5, 0.6) is 0 Å². The standard InChI is InChI=1S/C16H23N3O2/c1-2-9-17-16(21)13-7-8-15(18-10-13)19-11-14(20)12-5-3-4-6-12/h2,7-8,10,12,14,20H,1,3-6,9,11H2,(H,17,21)(H,18,19). The largest absolute Gasteiger partial charge is 0.391 e. The lowest BCUT2D eigenvalue weighted by Gasteiger charge is -2.18. The Labute approximate surface area is 125 Å². The number of aromatic nitrogens is 1. The number of rotatable bonds is 7. The summed E-state index contributed by atoms with van der Waals surface area (Å²) >= 11 is 0. The van der Waals surface area contributed by atoms with Crippen LogP contribution in [0.2, 0.25) is 0 Å². The minimum atomic E-state index is -0.329. The van der Waals surface area contributed by atoms with Crippen molar-refractivity contribution < 1.29 is 9.90 Å². The number of anilines is 1. The van der Waals surface area contributed by atoms with E-state index in [-0.39, 0.29) is 12.0 Å². The Kier molecular flexibility index (Phi) is 5.75. The molecule has 0 spiro atoms. The smallest absolute Gasteiger partial charge is 0.253 e. The fourth-order valence-corrected chi connectivity index (χ4v) is 2.62. The summed E-state index contributed by atoms with van der Waals surface area (Å²) in [6.07, 6.45) is 7.49. The van der Waals surface area contributed by atoms with Crippen molar-refractivity contribution in [2.75, 3.05) is 18.4 Å².